The molecule has 1 aromatic rings. The molecule has 0 fully saturated rings. The van der Waals surface area contributed by atoms with E-state index in [1.165, 1.54) is 5.69 Å². The van der Waals surface area contributed by atoms with E-state index in [0.29, 0.717) is 6.54 Å². The third-order valence-electron chi connectivity index (χ3n) is 3.95. The van der Waals surface area contributed by atoms with Crippen molar-refractivity contribution in [2.24, 2.45) is 4.99 Å². The lowest BCUT2D eigenvalue weighted by molar-refractivity contribution is 0.0527. The second-order valence-corrected chi connectivity index (χ2v) is 7.67. The van der Waals surface area contributed by atoms with Gasteiger partial charge >= 0.3 is 6.09 Å². The first-order valence-corrected chi connectivity index (χ1v) is 9.99. The molecule has 0 aliphatic rings. The molecule has 0 atom stereocenters. The number of unbranched alkanes of at least 4 members (excludes halogenated alkanes) is 1. The Morgan fingerprint density at radius 2 is 1.61 bits per heavy atom. The third-order valence-corrected chi connectivity index (χ3v) is 3.95. The summed E-state index contributed by atoms with van der Waals surface area (Å²) in [5, 5.41) is 9.32. The second-order valence-electron chi connectivity index (χ2n) is 7.67. The summed E-state index contributed by atoms with van der Waals surface area (Å²) >= 11 is 0. The molecular formula is C21H37N5O2. The quantitative estimate of drug-likeness (QED) is 0.325. The van der Waals surface area contributed by atoms with Crippen LogP contribution in [0.5, 0.6) is 0 Å². The van der Waals surface area contributed by atoms with E-state index in [4.69, 9.17) is 4.74 Å². The highest BCUT2D eigenvalue weighted by Gasteiger charge is 2.15. The van der Waals surface area contributed by atoms with Crippen molar-refractivity contribution in [1.82, 2.24) is 16.0 Å². The summed E-state index contributed by atoms with van der Waals surface area (Å²) in [6.45, 7) is 8.74. The summed E-state index contributed by atoms with van der Waals surface area (Å²) in [5.74, 6) is 0.786. The number of nitrogens with zero attached hydrogens (tertiary/aromatic N) is 2. The Labute approximate surface area is 169 Å². The van der Waals surface area contributed by atoms with Gasteiger partial charge in [0.2, 0.25) is 0 Å². The number of rotatable bonds is 10. The predicted octanol–water partition coefficient (Wildman–Crippen LogP) is 2.98. The third kappa shape index (κ3) is 11.3. The van der Waals surface area contributed by atoms with Gasteiger partial charge in [-0.25, -0.2) is 4.79 Å². The van der Waals surface area contributed by atoms with Crippen molar-refractivity contribution < 1.29 is 9.53 Å². The molecule has 158 valence electrons. The number of para-hydroxylation sites is 1. The van der Waals surface area contributed by atoms with Gasteiger partial charge in [-0.15, -0.1) is 0 Å². The molecule has 0 spiro atoms. The standard InChI is InChI=1S/C21H37N5O2/c1-21(2,3)28-20(27)25-16-11-15-24-19(22-4)23-14-9-10-17-26(5)18-12-7-6-8-13-18/h6-8,12-13H,9-11,14-17H2,1-5H3,(H,25,27)(H2,22,23,24). The van der Waals surface area contributed by atoms with E-state index in [0.717, 1.165) is 44.9 Å². The van der Waals surface area contributed by atoms with Gasteiger partial charge in [0.15, 0.2) is 5.96 Å². The molecule has 7 heteroatoms. The van der Waals surface area contributed by atoms with Gasteiger partial charge < -0.3 is 25.6 Å². The summed E-state index contributed by atoms with van der Waals surface area (Å²) in [6, 6.07) is 10.4. The molecule has 28 heavy (non-hydrogen) atoms. The van der Waals surface area contributed by atoms with Crippen LogP contribution >= 0.6 is 0 Å². The maximum absolute atomic E-state index is 11.6. The van der Waals surface area contributed by atoms with Gasteiger partial charge in [-0.2, -0.15) is 0 Å². The molecule has 3 N–H and O–H groups in total. The number of hydrogen-bond donors (Lipinski definition) is 3. The van der Waals surface area contributed by atoms with Crippen LogP contribution in [0.4, 0.5) is 10.5 Å². The smallest absolute Gasteiger partial charge is 0.407 e. The van der Waals surface area contributed by atoms with Crippen LogP contribution in [0.15, 0.2) is 35.3 Å². The van der Waals surface area contributed by atoms with Crippen LogP contribution in [-0.4, -0.2) is 57.9 Å². The zero-order chi connectivity index (χ0) is 20.8. The minimum Gasteiger partial charge on any atom is -0.444 e. The molecule has 0 aromatic heterocycles. The maximum Gasteiger partial charge on any atom is 0.407 e. The van der Waals surface area contributed by atoms with Gasteiger partial charge in [-0.3, -0.25) is 4.99 Å². The highest BCUT2D eigenvalue weighted by molar-refractivity contribution is 5.79. The minimum atomic E-state index is -0.468. The van der Waals surface area contributed by atoms with Crippen molar-refractivity contribution >= 4 is 17.7 Å². The predicted molar refractivity (Wildman–Crippen MR) is 117 cm³/mol. The van der Waals surface area contributed by atoms with E-state index in [2.05, 4.69) is 57.2 Å². The van der Waals surface area contributed by atoms with E-state index in [-0.39, 0.29) is 6.09 Å². The van der Waals surface area contributed by atoms with Gasteiger partial charge in [0.1, 0.15) is 5.60 Å². The molecule has 7 nitrogen and oxygen atoms in total. The number of amides is 1. The van der Waals surface area contributed by atoms with Crippen LogP contribution in [0.1, 0.15) is 40.0 Å². The first kappa shape index (κ1) is 23.6. The summed E-state index contributed by atoms with van der Waals surface area (Å²) < 4.78 is 5.20. The van der Waals surface area contributed by atoms with E-state index in [9.17, 15) is 4.79 Å². The van der Waals surface area contributed by atoms with Crippen LogP contribution in [0.2, 0.25) is 0 Å². The van der Waals surface area contributed by atoms with Gasteiger partial charge in [-0.1, -0.05) is 18.2 Å². The second kappa shape index (κ2) is 12.9. The van der Waals surface area contributed by atoms with Gasteiger partial charge in [0.25, 0.3) is 0 Å². The lowest BCUT2D eigenvalue weighted by atomic mass is 10.2. The van der Waals surface area contributed by atoms with Crippen LogP contribution in [-0.2, 0) is 4.74 Å². The maximum atomic E-state index is 11.6. The van der Waals surface area contributed by atoms with E-state index >= 15 is 0 Å². The zero-order valence-electron chi connectivity index (χ0n) is 18.0. The lowest BCUT2D eigenvalue weighted by Crippen LogP contribution is -2.39. The molecular weight excluding hydrogens is 354 g/mol. The van der Waals surface area contributed by atoms with Crippen molar-refractivity contribution in [3.63, 3.8) is 0 Å². The van der Waals surface area contributed by atoms with Crippen molar-refractivity contribution in [1.29, 1.82) is 0 Å². The molecule has 0 saturated heterocycles. The number of carbonyl (C=O) groups excluding carboxylic acids is 1. The fourth-order valence-corrected chi connectivity index (χ4v) is 2.51. The topological polar surface area (TPSA) is 78.0 Å². The summed E-state index contributed by atoms with van der Waals surface area (Å²) in [4.78, 5) is 18.1. The Hall–Kier alpha value is -2.44. The molecule has 0 saturated carbocycles. The molecule has 1 rings (SSSR count). The molecule has 0 radical (unpaired) electrons. The number of hydrogen-bond acceptors (Lipinski definition) is 4. The fourth-order valence-electron chi connectivity index (χ4n) is 2.51. The molecule has 1 aromatic carbocycles. The molecule has 0 heterocycles. The van der Waals surface area contributed by atoms with Gasteiger partial charge in [0, 0.05) is 46.0 Å². The van der Waals surface area contributed by atoms with Crippen molar-refractivity contribution in [3.8, 4) is 0 Å². The van der Waals surface area contributed by atoms with Crippen LogP contribution in [0.25, 0.3) is 0 Å². The average molecular weight is 392 g/mol. The van der Waals surface area contributed by atoms with E-state index < -0.39 is 5.60 Å². The Balaban J connectivity index is 2.07. The number of guanidine groups is 1. The molecule has 1 amide bonds. The van der Waals surface area contributed by atoms with E-state index in [1.54, 1.807) is 7.05 Å². The monoisotopic (exact) mass is 391 g/mol. The van der Waals surface area contributed by atoms with E-state index in [1.807, 2.05) is 26.8 Å². The first-order chi connectivity index (χ1) is 13.3. The molecule has 0 aliphatic heterocycles. The number of aliphatic imine (C=N–C) groups is 1. The highest BCUT2D eigenvalue weighted by atomic mass is 16.6. The largest absolute Gasteiger partial charge is 0.444 e. The fraction of sp³-hybridized carbons (Fsp3) is 0.619. The number of alkyl carbamates (subject to hydrolysis) is 1. The minimum absolute atomic E-state index is 0.379. The summed E-state index contributed by atoms with van der Waals surface area (Å²) in [6.07, 6.45) is 2.59. The average Bonchev–Trinajstić information content (AvgIpc) is 2.65. The van der Waals surface area contributed by atoms with Crippen LogP contribution < -0.4 is 20.9 Å². The van der Waals surface area contributed by atoms with Crippen LogP contribution in [0.3, 0.4) is 0 Å². The van der Waals surface area contributed by atoms with Gasteiger partial charge in [0.05, 0.1) is 0 Å². The highest BCUT2D eigenvalue weighted by Crippen LogP contribution is 2.11. The Morgan fingerprint density at radius 1 is 1.00 bits per heavy atom. The van der Waals surface area contributed by atoms with Crippen molar-refractivity contribution in [2.45, 2.75) is 45.6 Å². The number of anilines is 1. The van der Waals surface area contributed by atoms with Crippen molar-refractivity contribution in [3.05, 3.63) is 30.3 Å². The normalized spacial score (nSPS) is 11.7. The van der Waals surface area contributed by atoms with Gasteiger partial charge in [-0.05, 0) is 52.2 Å². The summed E-state index contributed by atoms with van der Waals surface area (Å²) in [5.41, 5.74) is 0.775. The van der Waals surface area contributed by atoms with Crippen molar-refractivity contribution in [2.75, 3.05) is 45.2 Å². The lowest BCUT2D eigenvalue weighted by Gasteiger charge is -2.20. The molecule has 0 unspecified atom stereocenters. The number of benzene rings is 1. The number of ether oxygens (including phenoxy) is 1. The Morgan fingerprint density at radius 3 is 2.21 bits per heavy atom. The van der Waals surface area contributed by atoms with Crippen LogP contribution in [0, 0.1) is 0 Å². The SMILES string of the molecule is CN=C(NCCCCN(C)c1ccccc1)NCCCNC(=O)OC(C)(C)C. The first-order valence-electron chi connectivity index (χ1n) is 9.99. The number of nitrogens with one attached hydrogen (secondary N) is 3. The number of carbonyl (C=O) groups is 1. The molecule has 0 aliphatic carbocycles. The Bertz CT molecular complexity index is 584. The Kier molecular flexibility index (Phi) is 10.8. The summed E-state index contributed by atoms with van der Waals surface area (Å²) in [7, 11) is 3.88. The molecule has 0 bridgehead atoms. The zero-order valence-corrected chi connectivity index (χ0v) is 18.0.